The fourth-order valence-electron chi connectivity index (χ4n) is 3.30. The van der Waals surface area contributed by atoms with Crippen molar-refractivity contribution in [2.45, 2.75) is 88.0 Å². The Balaban J connectivity index is 0.000000769. The summed E-state index contributed by atoms with van der Waals surface area (Å²) in [7, 11) is 0. The van der Waals surface area contributed by atoms with Crippen LogP contribution in [0.2, 0.25) is 0 Å². The lowest BCUT2D eigenvalue weighted by molar-refractivity contribution is 0.309. The Bertz CT molecular complexity index is 895. The van der Waals surface area contributed by atoms with Crippen molar-refractivity contribution in [1.82, 2.24) is 9.97 Å². The third-order valence-electron chi connectivity index (χ3n) is 4.99. The quantitative estimate of drug-likeness (QED) is 0.438. The fraction of sp³-hybridized carbons (Fsp3) is 0.536. The van der Waals surface area contributed by atoms with Gasteiger partial charge in [0.1, 0.15) is 17.3 Å². The average Bonchev–Trinajstić information content (AvgIpc) is 2.68. The fourth-order valence-corrected chi connectivity index (χ4v) is 3.30. The summed E-state index contributed by atoms with van der Waals surface area (Å²) < 4.78 is 14.5. The SMILES string of the molecule is C=C(c1cc(C)c(N=C(C)C)c(F)c1)c1cnc(CC2CCC2)nc1C.CC.CC(C)C. The second-order valence-electron chi connectivity index (χ2n) is 9.18. The molecular weight excluding hydrogens is 397 g/mol. The molecule has 0 N–H and O–H groups in total. The Morgan fingerprint density at radius 2 is 1.75 bits per heavy atom. The van der Waals surface area contributed by atoms with Gasteiger partial charge in [-0.25, -0.2) is 14.4 Å². The summed E-state index contributed by atoms with van der Waals surface area (Å²) in [5, 5.41) is 0. The number of hydrogen-bond donors (Lipinski definition) is 0. The van der Waals surface area contributed by atoms with Gasteiger partial charge in [-0.05, 0) is 68.4 Å². The van der Waals surface area contributed by atoms with Gasteiger partial charge in [0.05, 0.1) is 0 Å². The maximum Gasteiger partial charge on any atom is 0.149 e. The molecular formula is C28H42FN3. The highest BCUT2D eigenvalue weighted by Crippen LogP contribution is 2.32. The molecule has 0 atom stereocenters. The van der Waals surface area contributed by atoms with Crippen molar-refractivity contribution in [3.63, 3.8) is 0 Å². The van der Waals surface area contributed by atoms with Crippen LogP contribution >= 0.6 is 0 Å². The summed E-state index contributed by atoms with van der Waals surface area (Å²) in [6.07, 6.45) is 6.66. The molecule has 0 bridgehead atoms. The lowest BCUT2D eigenvalue weighted by Gasteiger charge is -2.24. The van der Waals surface area contributed by atoms with Gasteiger partial charge in [0, 0.05) is 29.6 Å². The van der Waals surface area contributed by atoms with E-state index in [-0.39, 0.29) is 5.82 Å². The number of halogens is 1. The Morgan fingerprint density at radius 3 is 2.19 bits per heavy atom. The van der Waals surface area contributed by atoms with Crippen molar-refractivity contribution in [3.05, 3.63) is 58.9 Å². The second-order valence-corrected chi connectivity index (χ2v) is 9.18. The molecule has 32 heavy (non-hydrogen) atoms. The zero-order valence-electron chi connectivity index (χ0n) is 21.6. The topological polar surface area (TPSA) is 38.1 Å². The van der Waals surface area contributed by atoms with E-state index in [4.69, 9.17) is 0 Å². The molecule has 1 aliphatic rings. The van der Waals surface area contributed by atoms with E-state index in [9.17, 15) is 4.39 Å². The lowest BCUT2D eigenvalue weighted by atomic mass is 9.83. The number of hydrogen-bond acceptors (Lipinski definition) is 3. The molecule has 0 saturated heterocycles. The van der Waals surface area contributed by atoms with Crippen molar-refractivity contribution >= 4 is 17.0 Å². The van der Waals surface area contributed by atoms with E-state index < -0.39 is 0 Å². The zero-order chi connectivity index (χ0) is 24.4. The normalized spacial score (nSPS) is 12.7. The van der Waals surface area contributed by atoms with Crippen molar-refractivity contribution in [2.24, 2.45) is 16.8 Å². The second kappa shape index (κ2) is 13.2. The summed E-state index contributed by atoms with van der Waals surface area (Å²) >= 11 is 0. The van der Waals surface area contributed by atoms with Crippen LogP contribution in [0.15, 0.2) is 29.9 Å². The van der Waals surface area contributed by atoms with Gasteiger partial charge in [0.25, 0.3) is 0 Å². The van der Waals surface area contributed by atoms with Gasteiger partial charge in [-0.15, -0.1) is 0 Å². The number of aryl methyl sites for hydroxylation is 2. The highest BCUT2D eigenvalue weighted by Gasteiger charge is 2.20. The highest BCUT2D eigenvalue weighted by molar-refractivity contribution is 5.84. The van der Waals surface area contributed by atoms with Crippen LogP contribution in [0, 0.1) is 31.5 Å². The van der Waals surface area contributed by atoms with E-state index in [1.165, 1.54) is 25.3 Å². The van der Waals surface area contributed by atoms with Crippen LogP contribution < -0.4 is 0 Å². The maximum atomic E-state index is 14.5. The van der Waals surface area contributed by atoms with Gasteiger partial charge in [-0.2, -0.15) is 0 Å². The number of benzene rings is 1. The van der Waals surface area contributed by atoms with E-state index in [1.807, 2.05) is 53.8 Å². The van der Waals surface area contributed by atoms with Crippen molar-refractivity contribution in [1.29, 1.82) is 0 Å². The Kier molecular flexibility index (Phi) is 11.5. The summed E-state index contributed by atoms with van der Waals surface area (Å²) in [4.78, 5) is 13.5. The van der Waals surface area contributed by atoms with E-state index >= 15 is 0 Å². The zero-order valence-corrected chi connectivity index (χ0v) is 21.6. The molecule has 0 unspecified atom stereocenters. The molecule has 3 rings (SSSR count). The summed E-state index contributed by atoms with van der Waals surface area (Å²) in [6, 6.07) is 3.42. The highest BCUT2D eigenvalue weighted by atomic mass is 19.1. The molecule has 2 aromatic rings. The predicted octanol–water partition coefficient (Wildman–Crippen LogP) is 8.44. The predicted molar refractivity (Wildman–Crippen MR) is 137 cm³/mol. The number of rotatable bonds is 5. The first-order valence-electron chi connectivity index (χ1n) is 11.9. The molecule has 0 aliphatic heterocycles. The molecule has 0 radical (unpaired) electrons. The minimum absolute atomic E-state index is 0.331. The first-order valence-corrected chi connectivity index (χ1v) is 11.9. The first-order chi connectivity index (χ1) is 15.1. The van der Waals surface area contributed by atoms with E-state index in [1.54, 1.807) is 0 Å². The largest absolute Gasteiger partial charge is 0.255 e. The maximum absolute atomic E-state index is 14.5. The summed E-state index contributed by atoms with van der Waals surface area (Å²) in [5.74, 6) is 2.13. The third-order valence-corrected chi connectivity index (χ3v) is 4.99. The van der Waals surface area contributed by atoms with Crippen LogP contribution in [-0.4, -0.2) is 15.7 Å². The van der Waals surface area contributed by atoms with Crippen molar-refractivity contribution in [3.8, 4) is 0 Å². The van der Waals surface area contributed by atoms with Crippen LogP contribution in [0.25, 0.3) is 5.57 Å². The summed E-state index contributed by atoms with van der Waals surface area (Å²) in [5.41, 5.74) is 5.25. The van der Waals surface area contributed by atoms with Crippen molar-refractivity contribution < 1.29 is 4.39 Å². The minimum Gasteiger partial charge on any atom is -0.255 e. The molecule has 3 nitrogen and oxygen atoms in total. The van der Waals surface area contributed by atoms with Crippen LogP contribution in [0.4, 0.5) is 10.1 Å². The molecule has 1 aromatic heterocycles. The van der Waals surface area contributed by atoms with Gasteiger partial charge in [0.2, 0.25) is 0 Å². The van der Waals surface area contributed by atoms with Gasteiger partial charge >= 0.3 is 0 Å². The van der Waals surface area contributed by atoms with Crippen LogP contribution in [-0.2, 0) is 6.42 Å². The molecule has 1 saturated carbocycles. The van der Waals surface area contributed by atoms with Crippen LogP contribution in [0.3, 0.4) is 0 Å². The van der Waals surface area contributed by atoms with Crippen LogP contribution in [0.1, 0.15) is 95.9 Å². The molecule has 0 amide bonds. The Hall–Kier alpha value is -2.36. The van der Waals surface area contributed by atoms with Gasteiger partial charge in [0.15, 0.2) is 0 Å². The van der Waals surface area contributed by atoms with Gasteiger partial charge in [-0.1, -0.05) is 60.5 Å². The lowest BCUT2D eigenvalue weighted by Crippen LogP contribution is -2.16. The summed E-state index contributed by atoms with van der Waals surface area (Å²) in [6.45, 7) is 22.2. The molecule has 1 heterocycles. The molecule has 1 aromatic carbocycles. The molecule has 1 fully saturated rings. The van der Waals surface area contributed by atoms with E-state index in [0.717, 1.165) is 57.8 Å². The number of aromatic nitrogens is 2. The van der Waals surface area contributed by atoms with Gasteiger partial charge in [-0.3, -0.25) is 4.99 Å². The number of nitrogens with zero attached hydrogens (tertiary/aromatic N) is 3. The first kappa shape index (κ1) is 27.7. The molecule has 176 valence electrons. The third kappa shape index (κ3) is 8.29. The Labute approximate surface area is 195 Å². The average molecular weight is 440 g/mol. The molecule has 0 spiro atoms. The standard InChI is InChI=1S/C22H26FN3.C4H10.C2H6/c1-13(2)25-22-14(3)9-18(11-20(22)23)15(4)19-12-24-21(26-16(19)5)10-17-7-6-8-17;1-4(2)3;1-2/h9,11-12,17H,4,6-8,10H2,1-3,5H3;4H,1-3H3;1-2H3. The number of aliphatic imine (C=N–C) groups is 1. The van der Waals surface area contributed by atoms with E-state index in [2.05, 4.69) is 42.3 Å². The van der Waals surface area contributed by atoms with Gasteiger partial charge < -0.3 is 0 Å². The minimum atomic E-state index is -0.331. The molecule has 1 aliphatic carbocycles. The monoisotopic (exact) mass is 439 g/mol. The Morgan fingerprint density at radius 1 is 1.16 bits per heavy atom. The van der Waals surface area contributed by atoms with E-state index in [0.29, 0.717) is 5.69 Å². The molecule has 4 heteroatoms. The smallest absolute Gasteiger partial charge is 0.149 e. The van der Waals surface area contributed by atoms with Crippen LogP contribution in [0.5, 0.6) is 0 Å². The van der Waals surface area contributed by atoms with Crippen molar-refractivity contribution in [2.75, 3.05) is 0 Å².